The predicted octanol–water partition coefficient (Wildman–Crippen LogP) is 0.629. The molecule has 0 aromatic carbocycles. The molecule has 2 nitrogen and oxygen atoms in total. The van der Waals surface area contributed by atoms with Gasteiger partial charge >= 0.3 is 75.7 Å². The maximum absolute atomic E-state index is 11.8. The molecular weight excluding hydrogens is 236 g/mol. The van der Waals surface area contributed by atoms with Gasteiger partial charge in [0.2, 0.25) is 0 Å². The number of alkyl halides is 3. The minimum atomic E-state index is -4.42. The Morgan fingerprint density at radius 2 is 2.08 bits per heavy atom. The van der Waals surface area contributed by atoms with Crippen LogP contribution in [-0.4, -0.2) is 35.6 Å². The molecule has 0 spiro atoms. The Kier molecular flexibility index (Phi) is 4.38. The van der Waals surface area contributed by atoms with E-state index in [4.69, 9.17) is 0 Å². The Hall–Kier alpha value is -0.442. The third-order valence-corrected chi connectivity index (χ3v) is 1.92. The molecule has 1 atom stereocenters. The van der Waals surface area contributed by atoms with Gasteiger partial charge in [-0.15, -0.1) is 0 Å². The van der Waals surface area contributed by atoms with Crippen LogP contribution >= 0.6 is 0 Å². The molecule has 1 unspecified atom stereocenters. The molecule has 0 heterocycles. The van der Waals surface area contributed by atoms with Gasteiger partial charge in [0, 0.05) is 0 Å². The summed E-state index contributed by atoms with van der Waals surface area (Å²) in [6, 6.07) is 0. The summed E-state index contributed by atoms with van der Waals surface area (Å²) in [7, 11) is 0. The van der Waals surface area contributed by atoms with Crippen LogP contribution in [0, 0.1) is 0 Å². The summed E-state index contributed by atoms with van der Waals surface area (Å²) >= 11 is 0.354. The first-order chi connectivity index (χ1) is 5.38. The van der Waals surface area contributed by atoms with Crippen molar-refractivity contribution in [2.45, 2.75) is 13.1 Å². The Balaban J connectivity index is 4.26. The van der Waals surface area contributed by atoms with Gasteiger partial charge in [-0.05, 0) is 0 Å². The molecule has 0 amide bonds. The number of carbonyl (C=O) groups excluding carboxylic acids is 1. The fourth-order valence-electron chi connectivity index (χ4n) is 0.393. The van der Waals surface area contributed by atoms with Gasteiger partial charge < -0.3 is 0 Å². The van der Waals surface area contributed by atoms with Crippen molar-refractivity contribution in [2.75, 3.05) is 6.61 Å². The summed E-state index contributed by atoms with van der Waals surface area (Å²) in [6.45, 7) is 1.60. The summed E-state index contributed by atoms with van der Waals surface area (Å²) < 4.78 is 38.8. The second kappa shape index (κ2) is 4.55. The zero-order valence-electron chi connectivity index (χ0n) is 6.31. The Morgan fingerprint density at radius 1 is 1.58 bits per heavy atom. The van der Waals surface area contributed by atoms with Crippen molar-refractivity contribution in [2.24, 2.45) is 0 Å². The molecule has 0 aliphatic carbocycles. The van der Waals surface area contributed by atoms with Crippen LogP contribution in [0.5, 0.6) is 0 Å². The Labute approximate surface area is 76.3 Å². The van der Waals surface area contributed by atoms with Crippen molar-refractivity contribution in [3.05, 3.63) is 10.4 Å². The third-order valence-electron chi connectivity index (χ3n) is 0.887. The van der Waals surface area contributed by atoms with E-state index in [-0.39, 0.29) is 6.61 Å². The van der Waals surface area contributed by atoms with Gasteiger partial charge in [-0.2, -0.15) is 0 Å². The van der Waals surface area contributed by atoms with Crippen molar-refractivity contribution in [3.8, 4) is 0 Å². The van der Waals surface area contributed by atoms with E-state index in [2.05, 4.69) is 4.74 Å². The first-order valence-electron chi connectivity index (χ1n) is 3.09. The van der Waals surface area contributed by atoms with Crippen LogP contribution in [0.25, 0.3) is 0 Å². The van der Waals surface area contributed by atoms with Crippen LogP contribution in [-0.2, 0) is 9.53 Å². The van der Waals surface area contributed by atoms with Crippen molar-refractivity contribution >= 4 is 22.8 Å². The molecule has 0 rings (SSSR count). The van der Waals surface area contributed by atoms with Crippen LogP contribution < -0.4 is 0 Å². The van der Waals surface area contributed by atoms with Crippen molar-refractivity contribution in [3.63, 3.8) is 0 Å². The van der Waals surface area contributed by atoms with E-state index in [1.807, 2.05) is 0 Å². The monoisotopic (exact) mass is 244 g/mol. The molecule has 6 heteroatoms. The van der Waals surface area contributed by atoms with E-state index in [9.17, 15) is 18.0 Å². The molecule has 0 radical (unpaired) electrons. The Bertz CT molecular complexity index is 197. The van der Waals surface area contributed by atoms with Crippen molar-refractivity contribution in [1.29, 1.82) is 0 Å². The second-order valence-electron chi connectivity index (χ2n) is 1.85. The molecule has 0 aliphatic rings. The van der Waals surface area contributed by atoms with Gasteiger partial charge in [-0.3, -0.25) is 0 Å². The number of halogens is 3. The summed E-state index contributed by atoms with van der Waals surface area (Å²) in [6.07, 6.45) is -3.96. The Morgan fingerprint density at radius 3 is 2.42 bits per heavy atom. The predicted molar refractivity (Wildman–Crippen MR) is 39.3 cm³/mol. The zero-order valence-corrected chi connectivity index (χ0v) is 8.73. The zero-order chi connectivity index (χ0) is 9.78. The number of esters is 1. The molecule has 0 saturated heterocycles. The fraction of sp³-hybridized carbons (Fsp3) is 0.500. The molecule has 0 N–H and O–H groups in total. The first-order valence-corrected chi connectivity index (χ1v) is 4.30. The van der Waals surface area contributed by atoms with Crippen LogP contribution in [0.4, 0.5) is 13.2 Å². The third kappa shape index (κ3) is 4.44. The number of hydrogen-bond donors (Lipinski definition) is 0. The van der Waals surface area contributed by atoms with Gasteiger partial charge in [0.05, 0.1) is 0 Å². The molecule has 0 bridgehead atoms. The molecule has 12 heavy (non-hydrogen) atoms. The van der Waals surface area contributed by atoms with Crippen LogP contribution in [0.2, 0.25) is 0 Å². The minimum absolute atomic E-state index is 0.0769. The van der Waals surface area contributed by atoms with Gasteiger partial charge in [0.1, 0.15) is 0 Å². The molecule has 70 valence electrons. The van der Waals surface area contributed by atoms with Gasteiger partial charge in [0.25, 0.3) is 0 Å². The summed E-state index contributed by atoms with van der Waals surface area (Å²) in [5.41, 5.74) is 0. The molecule has 0 aromatic rings. The van der Waals surface area contributed by atoms with Gasteiger partial charge in [-0.25, -0.2) is 0 Å². The van der Waals surface area contributed by atoms with Crippen molar-refractivity contribution < 1.29 is 22.7 Å². The van der Waals surface area contributed by atoms with Gasteiger partial charge in [0.15, 0.2) is 0 Å². The number of hydrogen-bond acceptors (Lipinski definition) is 2. The first kappa shape index (κ1) is 11.6. The van der Waals surface area contributed by atoms with E-state index in [0.29, 0.717) is 22.9 Å². The molecule has 0 saturated carbocycles. The van der Waals surface area contributed by atoms with E-state index in [0.717, 1.165) is 0 Å². The van der Waals surface area contributed by atoms with Gasteiger partial charge in [-0.1, -0.05) is 0 Å². The molecule has 0 aromatic heterocycles. The van der Waals surface area contributed by atoms with E-state index < -0.39 is 16.5 Å². The topological polar surface area (TPSA) is 26.3 Å². The van der Waals surface area contributed by atoms with E-state index >= 15 is 0 Å². The van der Waals surface area contributed by atoms with Crippen LogP contribution in [0.15, 0.2) is 10.4 Å². The summed E-state index contributed by atoms with van der Waals surface area (Å²) in [5.74, 6) is -0.950. The van der Waals surface area contributed by atoms with Crippen LogP contribution in [0.3, 0.4) is 0 Å². The van der Waals surface area contributed by atoms with E-state index in [1.54, 1.807) is 0 Å². The van der Waals surface area contributed by atoms with Crippen molar-refractivity contribution in [1.82, 2.24) is 0 Å². The summed E-state index contributed by atoms with van der Waals surface area (Å²) in [4.78, 5) is 10.5. The summed E-state index contributed by atoms with van der Waals surface area (Å²) in [5, 5.41) is 0. The van der Waals surface area contributed by atoms with E-state index in [1.165, 1.54) is 6.92 Å². The average Bonchev–Trinajstić information content (AvgIpc) is 1.85. The standard InChI is InChI=1S/C6H8AsF3O2/c1-2-12-5(11)3-4(7)6(8,9)10/h3H,2,7H2,1H3/b4-3-. The molecule has 0 fully saturated rings. The molecule has 0 aliphatic heterocycles. The van der Waals surface area contributed by atoms with Crippen LogP contribution in [0.1, 0.15) is 6.92 Å². The molecular formula is C6H8AsF3O2. The average molecular weight is 244 g/mol. The number of carbonyl (C=O) groups is 1. The maximum atomic E-state index is 11.8. The number of rotatable bonds is 2. The number of ether oxygens (including phenoxy) is 1. The fourth-order valence-corrected chi connectivity index (χ4v) is 0.678. The normalized spacial score (nSPS) is 12.9. The number of allylic oxidation sites excluding steroid dienone is 1. The SMILES string of the molecule is CCOC(=O)/C=C(\[AsH2])C(F)(F)F. The quantitative estimate of drug-likeness (QED) is 0.404. The second-order valence-corrected chi connectivity index (χ2v) is 3.15.